The van der Waals surface area contributed by atoms with E-state index >= 15 is 0 Å². The SMILES string of the molecule is CN=C(NCCC(=O)N1CCc2sccc2C1)NCc1ccc(C)cc1SC.I. The van der Waals surface area contributed by atoms with E-state index in [0.717, 1.165) is 25.5 Å². The summed E-state index contributed by atoms with van der Waals surface area (Å²) in [5.41, 5.74) is 3.82. The lowest BCUT2D eigenvalue weighted by Gasteiger charge is -2.27. The van der Waals surface area contributed by atoms with Crippen molar-refractivity contribution in [1.29, 1.82) is 0 Å². The number of carbonyl (C=O) groups is 1. The molecule has 2 heterocycles. The minimum Gasteiger partial charge on any atom is -0.356 e. The number of benzene rings is 1. The fraction of sp³-hybridized carbons (Fsp3) is 0.429. The van der Waals surface area contributed by atoms with Gasteiger partial charge >= 0.3 is 0 Å². The van der Waals surface area contributed by atoms with Gasteiger partial charge in [0.05, 0.1) is 0 Å². The highest BCUT2D eigenvalue weighted by Gasteiger charge is 2.21. The zero-order chi connectivity index (χ0) is 19.9. The van der Waals surface area contributed by atoms with Crippen LogP contribution >= 0.6 is 47.1 Å². The summed E-state index contributed by atoms with van der Waals surface area (Å²) in [6.07, 6.45) is 3.54. The molecular weight excluding hydrogens is 515 g/mol. The lowest BCUT2D eigenvalue weighted by molar-refractivity contribution is -0.131. The smallest absolute Gasteiger partial charge is 0.224 e. The van der Waals surface area contributed by atoms with Gasteiger partial charge < -0.3 is 15.5 Å². The molecule has 0 saturated carbocycles. The Hall–Kier alpha value is -1.26. The van der Waals surface area contributed by atoms with Crippen molar-refractivity contribution in [2.45, 2.75) is 37.8 Å². The summed E-state index contributed by atoms with van der Waals surface area (Å²) in [5.74, 6) is 0.919. The molecule has 0 bridgehead atoms. The first kappa shape index (κ1) is 24.0. The van der Waals surface area contributed by atoms with Crippen LogP contribution in [0.25, 0.3) is 0 Å². The fourth-order valence-electron chi connectivity index (χ4n) is 3.30. The van der Waals surface area contributed by atoms with Crippen molar-refractivity contribution in [2.75, 3.05) is 26.4 Å². The molecule has 2 aromatic rings. The van der Waals surface area contributed by atoms with Crippen LogP contribution in [0, 0.1) is 6.92 Å². The number of hydrogen-bond acceptors (Lipinski definition) is 4. The van der Waals surface area contributed by atoms with E-state index in [1.54, 1.807) is 30.1 Å². The third kappa shape index (κ3) is 6.62. The number of aliphatic imine (C=N–C) groups is 1. The van der Waals surface area contributed by atoms with Gasteiger partial charge in [-0.05, 0) is 53.8 Å². The Morgan fingerprint density at radius 3 is 2.90 bits per heavy atom. The van der Waals surface area contributed by atoms with Crippen LogP contribution in [0.4, 0.5) is 0 Å². The van der Waals surface area contributed by atoms with Crippen molar-refractivity contribution in [1.82, 2.24) is 15.5 Å². The number of thioether (sulfide) groups is 1. The number of carbonyl (C=O) groups excluding carboxylic acids is 1. The number of rotatable bonds is 6. The number of nitrogens with zero attached hydrogens (tertiary/aromatic N) is 2. The van der Waals surface area contributed by atoms with Crippen LogP contribution in [0.2, 0.25) is 0 Å². The third-order valence-electron chi connectivity index (χ3n) is 4.90. The van der Waals surface area contributed by atoms with Gasteiger partial charge in [0, 0.05) is 49.4 Å². The second-order valence-electron chi connectivity index (χ2n) is 6.85. The Morgan fingerprint density at radius 1 is 1.31 bits per heavy atom. The molecule has 8 heteroatoms. The summed E-state index contributed by atoms with van der Waals surface area (Å²) < 4.78 is 0. The van der Waals surface area contributed by atoms with E-state index in [1.165, 1.54) is 26.5 Å². The van der Waals surface area contributed by atoms with E-state index in [4.69, 9.17) is 0 Å². The molecule has 0 unspecified atom stereocenters. The molecule has 29 heavy (non-hydrogen) atoms. The van der Waals surface area contributed by atoms with E-state index in [9.17, 15) is 4.79 Å². The van der Waals surface area contributed by atoms with Gasteiger partial charge in [0.25, 0.3) is 0 Å². The molecule has 158 valence electrons. The van der Waals surface area contributed by atoms with Gasteiger partial charge in [-0.15, -0.1) is 47.1 Å². The van der Waals surface area contributed by atoms with Crippen molar-refractivity contribution in [3.8, 4) is 0 Å². The van der Waals surface area contributed by atoms with Crippen LogP contribution in [0.3, 0.4) is 0 Å². The highest BCUT2D eigenvalue weighted by molar-refractivity contribution is 14.0. The molecule has 1 aliphatic heterocycles. The zero-order valence-corrected chi connectivity index (χ0v) is 21.1. The van der Waals surface area contributed by atoms with Gasteiger partial charge in [-0.25, -0.2) is 0 Å². The Labute approximate surface area is 198 Å². The zero-order valence-electron chi connectivity index (χ0n) is 17.2. The van der Waals surface area contributed by atoms with Crippen LogP contribution in [0.15, 0.2) is 39.5 Å². The Kier molecular flexibility index (Phi) is 9.78. The Bertz CT molecular complexity index is 853. The summed E-state index contributed by atoms with van der Waals surface area (Å²) >= 11 is 3.55. The lowest BCUT2D eigenvalue weighted by Crippen LogP contribution is -2.40. The predicted octanol–water partition coefficient (Wildman–Crippen LogP) is 4.04. The number of aryl methyl sites for hydroxylation is 1. The molecule has 5 nitrogen and oxygen atoms in total. The minimum absolute atomic E-state index is 0. The summed E-state index contributed by atoms with van der Waals surface area (Å²) in [6, 6.07) is 8.62. The molecule has 1 amide bonds. The quantitative estimate of drug-likeness (QED) is 0.250. The van der Waals surface area contributed by atoms with Gasteiger partial charge in [-0.3, -0.25) is 9.79 Å². The first-order chi connectivity index (χ1) is 13.6. The largest absolute Gasteiger partial charge is 0.356 e. The second-order valence-corrected chi connectivity index (χ2v) is 8.70. The molecule has 0 spiro atoms. The minimum atomic E-state index is 0. The Balaban J connectivity index is 0.00000300. The van der Waals surface area contributed by atoms with E-state index in [-0.39, 0.29) is 29.9 Å². The summed E-state index contributed by atoms with van der Waals surface area (Å²) in [4.78, 5) is 21.5. The molecule has 1 aliphatic rings. The topological polar surface area (TPSA) is 56.7 Å². The number of thiophene rings is 1. The maximum absolute atomic E-state index is 12.5. The van der Waals surface area contributed by atoms with Gasteiger partial charge in [-0.2, -0.15) is 0 Å². The van der Waals surface area contributed by atoms with Gasteiger partial charge in [-0.1, -0.05) is 12.1 Å². The molecule has 0 fully saturated rings. The second kappa shape index (κ2) is 11.8. The van der Waals surface area contributed by atoms with E-state index in [1.807, 2.05) is 4.90 Å². The number of nitrogens with one attached hydrogen (secondary N) is 2. The van der Waals surface area contributed by atoms with Crippen molar-refractivity contribution < 1.29 is 4.79 Å². The van der Waals surface area contributed by atoms with Crippen LogP contribution < -0.4 is 10.6 Å². The van der Waals surface area contributed by atoms with Crippen LogP contribution in [-0.4, -0.2) is 43.2 Å². The van der Waals surface area contributed by atoms with Crippen molar-refractivity contribution in [3.05, 3.63) is 51.2 Å². The van der Waals surface area contributed by atoms with Crippen molar-refractivity contribution >= 4 is 58.9 Å². The molecule has 0 radical (unpaired) electrons. The van der Waals surface area contributed by atoms with Crippen molar-refractivity contribution in [3.63, 3.8) is 0 Å². The average Bonchev–Trinajstić information content (AvgIpc) is 3.18. The average molecular weight is 545 g/mol. The number of fused-ring (bicyclic) bond motifs is 1. The molecule has 1 aromatic carbocycles. The van der Waals surface area contributed by atoms with Crippen LogP contribution in [0.5, 0.6) is 0 Å². The lowest BCUT2D eigenvalue weighted by atomic mass is 10.1. The number of hydrogen-bond donors (Lipinski definition) is 2. The maximum atomic E-state index is 12.5. The molecule has 2 N–H and O–H groups in total. The molecule has 0 atom stereocenters. The molecule has 1 aromatic heterocycles. The predicted molar refractivity (Wildman–Crippen MR) is 135 cm³/mol. The van der Waals surface area contributed by atoms with E-state index in [2.05, 4.69) is 58.5 Å². The summed E-state index contributed by atoms with van der Waals surface area (Å²) in [7, 11) is 1.75. The molecular formula is C21H29IN4OS2. The number of guanidine groups is 1. The van der Waals surface area contributed by atoms with Crippen molar-refractivity contribution in [2.24, 2.45) is 4.99 Å². The highest BCUT2D eigenvalue weighted by Crippen LogP contribution is 2.24. The van der Waals surface area contributed by atoms with Gasteiger partial charge in [0.15, 0.2) is 5.96 Å². The molecule has 0 aliphatic carbocycles. The fourth-order valence-corrected chi connectivity index (χ4v) is 4.90. The summed E-state index contributed by atoms with van der Waals surface area (Å²) in [6.45, 7) is 4.96. The first-order valence-corrected chi connectivity index (χ1v) is 11.6. The maximum Gasteiger partial charge on any atom is 0.224 e. The molecule has 3 rings (SSSR count). The van der Waals surface area contributed by atoms with Crippen LogP contribution in [-0.2, 0) is 24.3 Å². The van der Waals surface area contributed by atoms with Gasteiger partial charge in [0.2, 0.25) is 5.91 Å². The number of halogens is 1. The summed E-state index contributed by atoms with van der Waals surface area (Å²) in [5, 5.41) is 8.72. The highest BCUT2D eigenvalue weighted by atomic mass is 127. The Morgan fingerprint density at radius 2 is 2.14 bits per heavy atom. The number of amides is 1. The molecule has 0 saturated heterocycles. The van der Waals surface area contributed by atoms with E-state index in [0.29, 0.717) is 19.5 Å². The van der Waals surface area contributed by atoms with E-state index < -0.39 is 0 Å². The third-order valence-corrected chi connectivity index (χ3v) is 6.75. The first-order valence-electron chi connectivity index (χ1n) is 9.51. The van der Waals surface area contributed by atoms with Crippen LogP contribution in [0.1, 0.15) is 28.0 Å². The van der Waals surface area contributed by atoms with Gasteiger partial charge in [0.1, 0.15) is 0 Å². The monoisotopic (exact) mass is 544 g/mol. The normalized spacial score (nSPS) is 13.5. The standard InChI is InChI=1S/C21H28N4OS2.HI/c1-15-4-5-16(19(12-15)27-3)13-24-21(22-2)23-9-6-20(26)25-10-7-18-17(14-25)8-11-28-18;/h4-5,8,11-12H,6-7,9-10,13-14H2,1-3H3,(H2,22,23,24);1H.